The average Bonchev–Trinajstić information content (AvgIpc) is 2.39. The summed E-state index contributed by atoms with van der Waals surface area (Å²) in [5.74, 6) is -1.03. The van der Waals surface area contributed by atoms with E-state index in [2.05, 4.69) is 4.98 Å². The van der Waals surface area contributed by atoms with Gasteiger partial charge in [-0.3, -0.25) is 9.78 Å². The van der Waals surface area contributed by atoms with Crippen LogP contribution in [0.15, 0.2) is 48.7 Å². The smallest absolute Gasteiger partial charge is 0.325 e. The second-order valence-electron chi connectivity index (χ2n) is 3.65. The van der Waals surface area contributed by atoms with E-state index < -0.39 is 12.0 Å². The summed E-state index contributed by atoms with van der Waals surface area (Å²) in [4.78, 5) is 14.9. The number of benzene rings is 1. The first-order valence-corrected chi connectivity index (χ1v) is 5.18. The SMILES string of the molecule is N[C@@H](C(=O)O)c1ccc(-c2ccccn2)cc1. The first-order valence-electron chi connectivity index (χ1n) is 5.18. The Bertz CT molecular complexity index is 509. The molecule has 17 heavy (non-hydrogen) atoms. The number of aliphatic carboxylic acids is 1. The van der Waals surface area contributed by atoms with Crippen molar-refractivity contribution in [2.45, 2.75) is 6.04 Å². The Balaban J connectivity index is 2.28. The summed E-state index contributed by atoms with van der Waals surface area (Å²) in [6, 6.07) is 11.7. The molecule has 0 unspecified atom stereocenters. The van der Waals surface area contributed by atoms with Crippen molar-refractivity contribution in [1.82, 2.24) is 4.98 Å². The molecule has 0 bridgehead atoms. The largest absolute Gasteiger partial charge is 0.480 e. The van der Waals surface area contributed by atoms with E-state index in [1.54, 1.807) is 18.3 Å². The van der Waals surface area contributed by atoms with Gasteiger partial charge in [-0.2, -0.15) is 0 Å². The molecule has 0 aliphatic rings. The molecule has 1 aromatic heterocycles. The van der Waals surface area contributed by atoms with Gasteiger partial charge in [0.1, 0.15) is 6.04 Å². The third-order valence-electron chi connectivity index (χ3n) is 2.50. The van der Waals surface area contributed by atoms with E-state index in [-0.39, 0.29) is 0 Å². The Morgan fingerprint density at radius 3 is 2.41 bits per heavy atom. The highest BCUT2D eigenvalue weighted by atomic mass is 16.4. The van der Waals surface area contributed by atoms with Gasteiger partial charge in [0.25, 0.3) is 0 Å². The number of nitrogens with zero attached hydrogens (tertiary/aromatic N) is 1. The lowest BCUT2D eigenvalue weighted by Crippen LogP contribution is -2.20. The molecule has 4 heteroatoms. The highest BCUT2D eigenvalue weighted by Gasteiger charge is 2.13. The molecule has 0 fully saturated rings. The molecule has 0 saturated carbocycles. The second-order valence-corrected chi connectivity index (χ2v) is 3.65. The van der Waals surface area contributed by atoms with E-state index in [1.807, 2.05) is 30.3 Å². The Kier molecular flexibility index (Phi) is 3.16. The third-order valence-corrected chi connectivity index (χ3v) is 2.50. The summed E-state index contributed by atoms with van der Waals surface area (Å²) in [5, 5.41) is 8.78. The molecule has 1 atom stereocenters. The van der Waals surface area contributed by atoms with Gasteiger partial charge in [0.05, 0.1) is 5.69 Å². The van der Waals surface area contributed by atoms with Gasteiger partial charge in [-0.1, -0.05) is 30.3 Å². The maximum Gasteiger partial charge on any atom is 0.325 e. The van der Waals surface area contributed by atoms with Crippen LogP contribution in [-0.4, -0.2) is 16.1 Å². The van der Waals surface area contributed by atoms with Gasteiger partial charge in [0.2, 0.25) is 0 Å². The van der Waals surface area contributed by atoms with Gasteiger partial charge < -0.3 is 10.8 Å². The molecule has 2 rings (SSSR count). The summed E-state index contributed by atoms with van der Waals surface area (Å²) in [7, 11) is 0. The summed E-state index contributed by atoms with van der Waals surface area (Å²) in [5.41, 5.74) is 7.88. The molecule has 3 N–H and O–H groups in total. The quantitative estimate of drug-likeness (QED) is 0.840. The number of carbonyl (C=O) groups is 1. The fraction of sp³-hybridized carbons (Fsp3) is 0.0769. The molecule has 0 saturated heterocycles. The number of pyridine rings is 1. The van der Waals surface area contributed by atoms with Crippen LogP contribution in [0.25, 0.3) is 11.3 Å². The molecule has 86 valence electrons. The zero-order valence-corrected chi connectivity index (χ0v) is 9.08. The fourth-order valence-corrected chi connectivity index (χ4v) is 1.54. The van der Waals surface area contributed by atoms with Crippen LogP contribution in [0.3, 0.4) is 0 Å². The number of rotatable bonds is 3. The minimum Gasteiger partial charge on any atom is -0.480 e. The standard InChI is InChI=1S/C13H12N2O2/c14-12(13(16)17)10-6-4-9(5-7-10)11-3-1-2-8-15-11/h1-8,12H,14H2,(H,16,17)/t12-/m1/s1. The Hall–Kier alpha value is -2.20. The first-order chi connectivity index (χ1) is 8.18. The zero-order valence-electron chi connectivity index (χ0n) is 9.08. The van der Waals surface area contributed by atoms with Gasteiger partial charge in [0, 0.05) is 11.8 Å². The van der Waals surface area contributed by atoms with Crippen LogP contribution in [0.2, 0.25) is 0 Å². The number of hydrogen-bond acceptors (Lipinski definition) is 3. The molecule has 0 spiro atoms. The van der Waals surface area contributed by atoms with Gasteiger partial charge in [-0.15, -0.1) is 0 Å². The van der Waals surface area contributed by atoms with E-state index in [1.165, 1.54) is 0 Å². The highest BCUT2D eigenvalue weighted by Crippen LogP contribution is 2.19. The van der Waals surface area contributed by atoms with Gasteiger partial charge >= 0.3 is 5.97 Å². The van der Waals surface area contributed by atoms with E-state index in [9.17, 15) is 4.79 Å². The molecule has 0 amide bonds. The molecular formula is C13H12N2O2. The summed E-state index contributed by atoms with van der Waals surface area (Å²) >= 11 is 0. The van der Waals surface area contributed by atoms with Crippen LogP contribution in [-0.2, 0) is 4.79 Å². The molecule has 1 aromatic carbocycles. The average molecular weight is 228 g/mol. The molecule has 0 radical (unpaired) electrons. The van der Waals surface area contributed by atoms with Crippen LogP contribution in [0.1, 0.15) is 11.6 Å². The van der Waals surface area contributed by atoms with Crippen LogP contribution < -0.4 is 5.73 Å². The maximum atomic E-state index is 10.7. The predicted molar refractivity (Wildman–Crippen MR) is 64.2 cm³/mol. The molecular weight excluding hydrogens is 216 g/mol. The molecule has 0 aliphatic heterocycles. The highest BCUT2D eigenvalue weighted by molar-refractivity contribution is 5.75. The van der Waals surface area contributed by atoms with E-state index in [0.29, 0.717) is 5.56 Å². The van der Waals surface area contributed by atoms with E-state index in [0.717, 1.165) is 11.3 Å². The first kappa shape index (κ1) is 11.3. The summed E-state index contributed by atoms with van der Waals surface area (Å²) in [6.07, 6.45) is 1.71. The zero-order chi connectivity index (χ0) is 12.3. The van der Waals surface area contributed by atoms with Crippen LogP contribution in [0.4, 0.5) is 0 Å². The van der Waals surface area contributed by atoms with Crippen molar-refractivity contribution >= 4 is 5.97 Å². The lowest BCUT2D eigenvalue weighted by Gasteiger charge is -2.07. The number of carboxylic acids is 1. The van der Waals surface area contributed by atoms with Gasteiger partial charge in [-0.05, 0) is 17.7 Å². The molecule has 4 nitrogen and oxygen atoms in total. The van der Waals surface area contributed by atoms with Crippen molar-refractivity contribution in [3.63, 3.8) is 0 Å². The number of aromatic nitrogens is 1. The third kappa shape index (κ3) is 2.49. The fourth-order valence-electron chi connectivity index (χ4n) is 1.54. The lowest BCUT2D eigenvalue weighted by molar-refractivity contribution is -0.138. The van der Waals surface area contributed by atoms with E-state index in [4.69, 9.17) is 10.8 Å². The van der Waals surface area contributed by atoms with Crippen molar-refractivity contribution in [3.05, 3.63) is 54.2 Å². The van der Waals surface area contributed by atoms with Crippen molar-refractivity contribution < 1.29 is 9.90 Å². The van der Waals surface area contributed by atoms with E-state index >= 15 is 0 Å². The van der Waals surface area contributed by atoms with Gasteiger partial charge in [-0.25, -0.2) is 0 Å². The summed E-state index contributed by atoms with van der Waals surface area (Å²) in [6.45, 7) is 0. The van der Waals surface area contributed by atoms with Crippen LogP contribution in [0.5, 0.6) is 0 Å². The van der Waals surface area contributed by atoms with Crippen LogP contribution in [0, 0.1) is 0 Å². The van der Waals surface area contributed by atoms with Gasteiger partial charge in [0.15, 0.2) is 0 Å². The lowest BCUT2D eigenvalue weighted by atomic mass is 10.0. The van der Waals surface area contributed by atoms with Crippen molar-refractivity contribution in [2.24, 2.45) is 5.73 Å². The number of hydrogen-bond donors (Lipinski definition) is 2. The van der Waals surface area contributed by atoms with Crippen LogP contribution >= 0.6 is 0 Å². The number of nitrogens with two attached hydrogens (primary N) is 1. The molecule has 2 aromatic rings. The Morgan fingerprint density at radius 2 is 1.88 bits per heavy atom. The Labute approximate surface area is 98.7 Å². The molecule has 1 heterocycles. The summed E-state index contributed by atoms with van der Waals surface area (Å²) < 4.78 is 0. The minimum absolute atomic E-state index is 0.581. The normalized spacial score (nSPS) is 12.1. The maximum absolute atomic E-state index is 10.7. The van der Waals surface area contributed by atoms with Crippen molar-refractivity contribution in [1.29, 1.82) is 0 Å². The molecule has 0 aliphatic carbocycles. The Morgan fingerprint density at radius 1 is 1.18 bits per heavy atom. The predicted octanol–water partition coefficient (Wildman–Crippen LogP) is 1.83. The second kappa shape index (κ2) is 4.76. The van der Waals surface area contributed by atoms with Crippen molar-refractivity contribution in [2.75, 3.05) is 0 Å². The van der Waals surface area contributed by atoms with Crippen molar-refractivity contribution in [3.8, 4) is 11.3 Å². The monoisotopic (exact) mass is 228 g/mol. The number of carboxylic acid groups (broad SMARTS) is 1. The topological polar surface area (TPSA) is 76.2 Å². The minimum atomic E-state index is -1.03.